The highest BCUT2D eigenvalue weighted by Crippen LogP contribution is 2.19. The first-order chi connectivity index (χ1) is 8.08. The van der Waals surface area contributed by atoms with E-state index < -0.39 is 6.10 Å². The Morgan fingerprint density at radius 2 is 2.29 bits per heavy atom. The summed E-state index contributed by atoms with van der Waals surface area (Å²) in [6, 6.07) is 5.31. The second kappa shape index (κ2) is 5.07. The third-order valence-electron chi connectivity index (χ3n) is 3.11. The van der Waals surface area contributed by atoms with Crippen molar-refractivity contribution < 1.29 is 9.90 Å². The first-order valence-corrected chi connectivity index (χ1v) is 6.19. The normalized spacial score (nSPS) is 20.4. The van der Waals surface area contributed by atoms with Gasteiger partial charge in [0, 0.05) is 23.7 Å². The third-order valence-corrected chi connectivity index (χ3v) is 3.35. The highest BCUT2D eigenvalue weighted by Gasteiger charge is 2.23. The predicted molar refractivity (Wildman–Crippen MR) is 67.3 cm³/mol. The number of aliphatic hydroxyl groups is 1. The van der Waals surface area contributed by atoms with E-state index >= 15 is 0 Å². The molecule has 1 N–H and O–H groups in total. The Morgan fingerprint density at radius 3 is 3.00 bits per heavy atom. The molecule has 1 aromatic carbocycles. The Balaban J connectivity index is 2.21. The minimum Gasteiger partial charge on any atom is -0.391 e. The van der Waals surface area contributed by atoms with Gasteiger partial charge in [0.1, 0.15) is 0 Å². The summed E-state index contributed by atoms with van der Waals surface area (Å²) in [6.45, 7) is 3.02. The van der Waals surface area contributed by atoms with E-state index in [2.05, 4.69) is 0 Å². The van der Waals surface area contributed by atoms with Crippen LogP contribution in [0.1, 0.15) is 28.8 Å². The van der Waals surface area contributed by atoms with Crippen molar-refractivity contribution in [1.29, 1.82) is 0 Å². The van der Waals surface area contributed by atoms with E-state index in [9.17, 15) is 9.90 Å². The van der Waals surface area contributed by atoms with Crippen molar-refractivity contribution in [3.63, 3.8) is 0 Å². The number of nitrogens with zero attached hydrogens (tertiary/aromatic N) is 1. The van der Waals surface area contributed by atoms with E-state index in [1.54, 1.807) is 17.0 Å². The molecule has 0 aromatic heterocycles. The maximum Gasteiger partial charge on any atom is 0.254 e. The largest absolute Gasteiger partial charge is 0.391 e. The average Bonchev–Trinajstić information content (AvgIpc) is 2.31. The molecule has 0 radical (unpaired) electrons. The van der Waals surface area contributed by atoms with Gasteiger partial charge in [-0.15, -0.1) is 0 Å². The smallest absolute Gasteiger partial charge is 0.254 e. The lowest BCUT2D eigenvalue weighted by molar-refractivity contribution is 0.0473. The van der Waals surface area contributed by atoms with Crippen molar-refractivity contribution >= 4 is 17.5 Å². The van der Waals surface area contributed by atoms with Gasteiger partial charge in [0.15, 0.2) is 0 Å². The lowest BCUT2D eigenvalue weighted by atomic mass is 10.0. The first kappa shape index (κ1) is 12.4. The van der Waals surface area contributed by atoms with Crippen LogP contribution in [0.25, 0.3) is 0 Å². The second-order valence-electron chi connectivity index (χ2n) is 4.51. The summed E-state index contributed by atoms with van der Waals surface area (Å²) in [5.41, 5.74) is 1.55. The molecular weight excluding hydrogens is 238 g/mol. The molecule has 17 heavy (non-hydrogen) atoms. The number of β-amino-alcohol motifs (C(OH)–C–C–N with tert-alkyl or cyclic N) is 1. The molecular formula is C13H16ClNO2. The number of carbonyl (C=O) groups excluding carboxylic acids is 1. The van der Waals surface area contributed by atoms with Crippen molar-refractivity contribution in [3.05, 3.63) is 34.3 Å². The molecule has 1 atom stereocenters. The number of aryl methyl sites for hydroxylation is 1. The Kier molecular flexibility index (Phi) is 3.69. The van der Waals surface area contributed by atoms with Crippen LogP contribution in [0.4, 0.5) is 0 Å². The van der Waals surface area contributed by atoms with E-state index in [1.165, 1.54) is 0 Å². The van der Waals surface area contributed by atoms with Crippen LogP contribution in [-0.2, 0) is 0 Å². The van der Waals surface area contributed by atoms with Crippen LogP contribution in [0.3, 0.4) is 0 Å². The van der Waals surface area contributed by atoms with E-state index in [0.717, 1.165) is 18.4 Å². The molecule has 1 aliphatic rings. The van der Waals surface area contributed by atoms with Gasteiger partial charge in [-0.1, -0.05) is 17.7 Å². The van der Waals surface area contributed by atoms with Gasteiger partial charge in [0.05, 0.1) is 6.10 Å². The fourth-order valence-corrected chi connectivity index (χ4v) is 2.31. The summed E-state index contributed by atoms with van der Waals surface area (Å²) < 4.78 is 0. The number of carbonyl (C=O) groups is 1. The molecule has 2 rings (SSSR count). The number of hydrogen-bond acceptors (Lipinski definition) is 2. The molecule has 1 aromatic rings. The van der Waals surface area contributed by atoms with Gasteiger partial charge in [-0.2, -0.15) is 0 Å². The van der Waals surface area contributed by atoms with Gasteiger partial charge >= 0.3 is 0 Å². The quantitative estimate of drug-likeness (QED) is 0.834. The highest BCUT2D eigenvalue weighted by molar-refractivity contribution is 6.31. The summed E-state index contributed by atoms with van der Waals surface area (Å²) in [5.74, 6) is -0.0382. The SMILES string of the molecule is Cc1ccc(Cl)cc1C(=O)N1CCC[C@H](O)C1. The van der Waals surface area contributed by atoms with Crippen LogP contribution in [0, 0.1) is 6.92 Å². The molecule has 0 unspecified atom stereocenters. The first-order valence-electron chi connectivity index (χ1n) is 5.81. The molecule has 0 saturated carbocycles. The number of amides is 1. The molecule has 1 amide bonds. The average molecular weight is 254 g/mol. The number of piperidine rings is 1. The lowest BCUT2D eigenvalue weighted by Crippen LogP contribution is -2.42. The molecule has 1 saturated heterocycles. The molecule has 1 aliphatic heterocycles. The van der Waals surface area contributed by atoms with Crippen LogP contribution in [0.2, 0.25) is 5.02 Å². The molecule has 1 heterocycles. The maximum atomic E-state index is 12.3. The van der Waals surface area contributed by atoms with E-state index in [4.69, 9.17) is 11.6 Å². The third kappa shape index (κ3) is 2.79. The zero-order chi connectivity index (χ0) is 12.4. The standard InChI is InChI=1S/C13H16ClNO2/c1-9-4-5-10(14)7-12(9)13(17)15-6-2-3-11(16)8-15/h4-5,7,11,16H,2-3,6,8H2,1H3/t11-/m0/s1. The lowest BCUT2D eigenvalue weighted by Gasteiger charge is -2.30. The topological polar surface area (TPSA) is 40.5 Å². The highest BCUT2D eigenvalue weighted by atomic mass is 35.5. The number of likely N-dealkylation sites (tertiary alicyclic amines) is 1. The Labute approximate surface area is 106 Å². The Bertz CT molecular complexity index is 433. The predicted octanol–water partition coefficient (Wildman–Crippen LogP) is 2.25. The zero-order valence-electron chi connectivity index (χ0n) is 9.82. The van der Waals surface area contributed by atoms with E-state index in [-0.39, 0.29) is 5.91 Å². The second-order valence-corrected chi connectivity index (χ2v) is 4.94. The number of rotatable bonds is 1. The van der Waals surface area contributed by atoms with Crippen LogP contribution >= 0.6 is 11.6 Å². The minimum atomic E-state index is -0.396. The van der Waals surface area contributed by atoms with Crippen molar-refractivity contribution in [1.82, 2.24) is 4.90 Å². The van der Waals surface area contributed by atoms with Crippen molar-refractivity contribution in [2.45, 2.75) is 25.9 Å². The van der Waals surface area contributed by atoms with Crippen LogP contribution in [0.15, 0.2) is 18.2 Å². The molecule has 92 valence electrons. The molecule has 0 spiro atoms. The van der Waals surface area contributed by atoms with Crippen molar-refractivity contribution in [2.75, 3.05) is 13.1 Å². The van der Waals surface area contributed by atoms with E-state index in [0.29, 0.717) is 23.7 Å². The zero-order valence-corrected chi connectivity index (χ0v) is 10.6. The number of benzene rings is 1. The fraction of sp³-hybridized carbons (Fsp3) is 0.462. The van der Waals surface area contributed by atoms with E-state index in [1.807, 2.05) is 13.0 Å². The molecule has 4 heteroatoms. The van der Waals surface area contributed by atoms with Gasteiger partial charge in [0.25, 0.3) is 5.91 Å². The monoisotopic (exact) mass is 253 g/mol. The molecule has 0 bridgehead atoms. The summed E-state index contributed by atoms with van der Waals surface area (Å²) in [6.07, 6.45) is 1.23. The Morgan fingerprint density at radius 1 is 1.53 bits per heavy atom. The van der Waals surface area contributed by atoms with Gasteiger partial charge in [-0.3, -0.25) is 4.79 Å². The molecule has 3 nitrogen and oxygen atoms in total. The summed E-state index contributed by atoms with van der Waals surface area (Å²) >= 11 is 5.91. The van der Waals surface area contributed by atoms with Gasteiger partial charge in [-0.05, 0) is 37.5 Å². The van der Waals surface area contributed by atoms with Crippen LogP contribution < -0.4 is 0 Å². The summed E-state index contributed by atoms with van der Waals surface area (Å²) in [7, 11) is 0. The number of halogens is 1. The molecule has 1 fully saturated rings. The van der Waals surface area contributed by atoms with Gasteiger partial charge in [-0.25, -0.2) is 0 Å². The number of aliphatic hydroxyl groups excluding tert-OH is 1. The fourth-order valence-electron chi connectivity index (χ4n) is 2.13. The van der Waals surface area contributed by atoms with Crippen molar-refractivity contribution in [2.24, 2.45) is 0 Å². The number of hydrogen-bond donors (Lipinski definition) is 1. The minimum absolute atomic E-state index is 0.0382. The summed E-state index contributed by atoms with van der Waals surface area (Å²) in [4.78, 5) is 14.0. The van der Waals surface area contributed by atoms with Crippen LogP contribution in [-0.4, -0.2) is 35.1 Å². The van der Waals surface area contributed by atoms with Gasteiger partial charge in [0.2, 0.25) is 0 Å². The molecule has 0 aliphatic carbocycles. The summed E-state index contributed by atoms with van der Waals surface area (Å²) in [5, 5.41) is 10.1. The van der Waals surface area contributed by atoms with Crippen LogP contribution in [0.5, 0.6) is 0 Å². The van der Waals surface area contributed by atoms with Crippen molar-refractivity contribution in [3.8, 4) is 0 Å². The van der Waals surface area contributed by atoms with Gasteiger partial charge < -0.3 is 10.0 Å². The maximum absolute atomic E-state index is 12.3. The Hall–Kier alpha value is -1.06.